The molecule has 0 aliphatic rings. The van der Waals surface area contributed by atoms with Gasteiger partial charge in [0.15, 0.2) is 5.78 Å². The summed E-state index contributed by atoms with van der Waals surface area (Å²) in [6.07, 6.45) is 0.340. The molecular formula is C17H15Cl2NO5S. The number of carboxylic acids is 1. The molecule has 0 radical (unpaired) electrons. The molecule has 0 atom stereocenters. The fourth-order valence-corrected chi connectivity index (χ4v) is 4.30. The Morgan fingerprint density at radius 3 is 2.12 bits per heavy atom. The summed E-state index contributed by atoms with van der Waals surface area (Å²) in [6, 6.07) is 10.6. The molecular weight excluding hydrogens is 401 g/mol. The quantitative estimate of drug-likeness (QED) is 0.644. The Labute approximate surface area is 160 Å². The Kier molecular flexibility index (Phi) is 6.77. The highest BCUT2D eigenvalue weighted by Crippen LogP contribution is 2.28. The van der Waals surface area contributed by atoms with Gasteiger partial charge in [-0.15, -0.1) is 0 Å². The van der Waals surface area contributed by atoms with Crippen molar-refractivity contribution in [3.8, 4) is 0 Å². The number of carboxylic acid groups (broad SMARTS) is 1. The Bertz CT molecular complexity index is 906. The number of halogens is 2. The van der Waals surface area contributed by atoms with Crippen molar-refractivity contribution in [2.45, 2.75) is 17.7 Å². The van der Waals surface area contributed by atoms with Gasteiger partial charge in [-0.05, 0) is 24.1 Å². The maximum atomic E-state index is 12.3. The number of sulfonamides is 1. The second kappa shape index (κ2) is 8.64. The number of hydrogen-bond donors (Lipinski definition) is 2. The van der Waals surface area contributed by atoms with Gasteiger partial charge >= 0.3 is 5.97 Å². The lowest BCUT2D eigenvalue weighted by Gasteiger charge is -2.09. The second-order valence-corrected chi connectivity index (χ2v) is 7.91. The maximum absolute atomic E-state index is 12.3. The number of aliphatic carboxylic acids is 1. The van der Waals surface area contributed by atoms with Crippen molar-refractivity contribution >= 4 is 45.0 Å². The van der Waals surface area contributed by atoms with Crippen LogP contribution in [0.15, 0.2) is 47.4 Å². The van der Waals surface area contributed by atoms with Crippen LogP contribution in [0.2, 0.25) is 10.0 Å². The first-order valence-corrected chi connectivity index (χ1v) is 9.72. The fraction of sp³-hybridized carbons (Fsp3) is 0.176. The zero-order chi connectivity index (χ0) is 19.3. The predicted molar refractivity (Wildman–Crippen MR) is 98.4 cm³/mol. The standard InChI is InChI=1S/C17H15Cl2NO5S/c18-13-2-1-3-14(19)17(13)26(24,25)20-10-15(21)12-7-4-11(5-8-12)6-9-16(22)23/h1-5,7-8,20H,6,9-10H2,(H,22,23). The number of Topliss-reactive ketones (excluding diaryl/α,β-unsaturated/α-hetero) is 1. The van der Waals surface area contributed by atoms with Gasteiger partial charge in [0.1, 0.15) is 4.90 Å². The number of benzene rings is 2. The summed E-state index contributed by atoms with van der Waals surface area (Å²) in [6.45, 7) is -0.460. The molecule has 26 heavy (non-hydrogen) atoms. The molecule has 2 aromatic carbocycles. The Hall–Kier alpha value is -1.93. The fourth-order valence-electron chi connectivity index (χ4n) is 2.18. The third kappa shape index (κ3) is 5.28. The van der Waals surface area contributed by atoms with Gasteiger partial charge in [-0.1, -0.05) is 53.5 Å². The first-order valence-electron chi connectivity index (χ1n) is 7.48. The minimum Gasteiger partial charge on any atom is -0.481 e. The highest BCUT2D eigenvalue weighted by molar-refractivity contribution is 7.89. The summed E-state index contributed by atoms with van der Waals surface area (Å²) in [5.41, 5.74) is 1.07. The first-order chi connectivity index (χ1) is 12.2. The normalized spacial score (nSPS) is 11.3. The third-order valence-corrected chi connectivity index (χ3v) is 5.87. The topological polar surface area (TPSA) is 101 Å². The molecule has 138 valence electrons. The average Bonchev–Trinajstić information content (AvgIpc) is 2.58. The molecule has 0 amide bonds. The molecule has 0 spiro atoms. The Morgan fingerprint density at radius 2 is 1.58 bits per heavy atom. The van der Waals surface area contributed by atoms with Gasteiger partial charge in [-0.25, -0.2) is 13.1 Å². The maximum Gasteiger partial charge on any atom is 0.303 e. The molecule has 0 unspecified atom stereocenters. The number of carbonyl (C=O) groups excluding carboxylic acids is 1. The summed E-state index contributed by atoms with van der Waals surface area (Å²) >= 11 is 11.8. The van der Waals surface area contributed by atoms with Gasteiger partial charge in [0, 0.05) is 12.0 Å². The van der Waals surface area contributed by atoms with E-state index >= 15 is 0 Å². The number of nitrogens with one attached hydrogen (secondary N) is 1. The highest BCUT2D eigenvalue weighted by Gasteiger charge is 2.22. The van der Waals surface area contributed by atoms with E-state index in [0.717, 1.165) is 5.56 Å². The molecule has 0 aliphatic heterocycles. The molecule has 0 saturated heterocycles. The van der Waals surface area contributed by atoms with Crippen molar-refractivity contribution in [3.05, 3.63) is 63.6 Å². The van der Waals surface area contributed by atoms with E-state index in [-0.39, 0.29) is 21.4 Å². The van der Waals surface area contributed by atoms with E-state index in [4.69, 9.17) is 28.3 Å². The predicted octanol–water partition coefficient (Wildman–Crippen LogP) is 3.17. The molecule has 0 saturated carbocycles. The van der Waals surface area contributed by atoms with Crippen LogP contribution in [0, 0.1) is 0 Å². The lowest BCUT2D eigenvalue weighted by Crippen LogP contribution is -2.30. The van der Waals surface area contributed by atoms with Crippen molar-refractivity contribution in [1.82, 2.24) is 4.72 Å². The molecule has 0 bridgehead atoms. The summed E-state index contributed by atoms with van der Waals surface area (Å²) in [5, 5.41) is 8.58. The van der Waals surface area contributed by atoms with Crippen molar-refractivity contribution in [2.24, 2.45) is 0 Å². The van der Waals surface area contributed by atoms with Gasteiger partial charge < -0.3 is 5.11 Å². The number of hydrogen-bond acceptors (Lipinski definition) is 4. The lowest BCUT2D eigenvalue weighted by atomic mass is 10.1. The molecule has 0 heterocycles. The van der Waals surface area contributed by atoms with Crippen LogP contribution < -0.4 is 4.72 Å². The summed E-state index contributed by atoms with van der Waals surface area (Å²) in [7, 11) is -4.05. The van der Waals surface area contributed by atoms with Crippen LogP contribution in [0.5, 0.6) is 0 Å². The van der Waals surface area contributed by atoms with E-state index < -0.39 is 28.3 Å². The highest BCUT2D eigenvalue weighted by atomic mass is 35.5. The van der Waals surface area contributed by atoms with Crippen LogP contribution in [-0.2, 0) is 21.2 Å². The lowest BCUT2D eigenvalue weighted by molar-refractivity contribution is -0.136. The summed E-state index contributed by atoms with van der Waals surface area (Å²) in [5.74, 6) is -1.35. The van der Waals surface area contributed by atoms with Crippen LogP contribution in [0.4, 0.5) is 0 Å². The minimum absolute atomic E-state index is 0.00825. The number of rotatable bonds is 8. The summed E-state index contributed by atoms with van der Waals surface area (Å²) < 4.78 is 26.8. The molecule has 0 aromatic heterocycles. The van der Waals surface area contributed by atoms with Gasteiger partial charge in [0.2, 0.25) is 10.0 Å². The SMILES string of the molecule is O=C(O)CCc1ccc(C(=O)CNS(=O)(=O)c2c(Cl)cccc2Cl)cc1. The minimum atomic E-state index is -4.05. The van der Waals surface area contributed by atoms with E-state index in [1.807, 2.05) is 0 Å². The summed E-state index contributed by atoms with van der Waals surface area (Å²) in [4.78, 5) is 22.5. The molecule has 0 aliphatic carbocycles. The number of aryl methyl sites for hydroxylation is 1. The average molecular weight is 416 g/mol. The van der Waals surface area contributed by atoms with Crippen molar-refractivity contribution < 1.29 is 23.1 Å². The van der Waals surface area contributed by atoms with E-state index in [2.05, 4.69) is 4.72 Å². The second-order valence-electron chi connectivity index (χ2n) is 5.39. The molecule has 9 heteroatoms. The smallest absolute Gasteiger partial charge is 0.303 e. The monoisotopic (exact) mass is 415 g/mol. The van der Waals surface area contributed by atoms with E-state index in [1.165, 1.54) is 30.3 Å². The van der Waals surface area contributed by atoms with Crippen molar-refractivity contribution in [3.63, 3.8) is 0 Å². The van der Waals surface area contributed by atoms with Crippen LogP contribution in [0.3, 0.4) is 0 Å². The number of carbonyl (C=O) groups is 2. The van der Waals surface area contributed by atoms with Gasteiger partial charge in [0.05, 0.1) is 16.6 Å². The third-order valence-electron chi connectivity index (χ3n) is 3.51. The van der Waals surface area contributed by atoms with Gasteiger partial charge in [-0.3, -0.25) is 9.59 Å². The van der Waals surface area contributed by atoms with E-state index in [1.54, 1.807) is 12.1 Å². The Balaban J connectivity index is 2.05. The largest absolute Gasteiger partial charge is 0.481 e. The van der Waals surface area contributed by atoms with Crippen LogP contribution in [0.25, 0.3) is 0 Å². The molecule has 2 N–H and O–H groups in total. The number of ketones is 1. The molecule has 2 aromatic rings. The van der Waals surface area contributed by atoms with Crippen molar-refractivity contribution in [1.29, 1.82) is 0 Å². The van der Waals surface area contributed by atoms with Crippen molar-refractivity contribution in [2.75, 3.05) is 6.54 Å². The first kappa shape index (κ1) is 20.4. The molecule has 0 fully saturated rings. The van der Waals surface area contributed by atoms with E-state index in [9.17, 15) is 18.0 Å². The zero-order valence-electron chi connectivity index (χ0n) is 13.4. The van der Waals surface area contributed by atoms with Crippen LogP contribution in [-0.4, -0.2) is 31.8 Å². The Morgan fingerprint density at radius 1 is 1.00 bits per heavy atom. The van der Waals surface area contributed by atoms with Gasteiger partial charge in [0.25, 0.3) is 0 Å². The molecule has 2 rings (SSSR count). The van der Waals surface area contributed by atoms with Gasteiger partial charge in [-0.2, -0.15) is 0 Å². The zero-order valence-corrected chi connectivity index (χ0v) is 15.7. The van der Waals surface area contributed by atoms with Crippen LogP contribution >= 0.6 is 23.2 Å². The van der Waals surface area contributed by atoms with E-state index in [0.29, 0.717) is 12.0 Å². The molecule has 6 nitrogen and oxygen atoms in total. The van der Waals surface area contributed by atoms with Crippen LogP contribution in [0.1, 0.15) is 22.3 Å².